The third kappa shape index (κ3) is 5.49. The zero-order chi connectivity index (χ0) is 29.4. The van der Waals surface area contributed by atoms with E-state index in [9.17, 15) is 14.0 Å². The van der Waals surface area contributed by atoms with Crippen LogP contribution in [0.4, 0.5) is 15.0 Å². The summed E-state index contributed by atoms with van der Waals surface area (Å²) in [4.78, 5) is 32.6. The van der Waals surface area contributed by atoms with Crippen LogP contribution in [0, 0.1) is 12.7 Å². The average molecular weight is 588 g/mol. The molecule has 0 bridgehead atoms. The molecule has 0 aliphatic carbocycles. The molecule has 1 aromatic heterocycles. The molecule has 0 atom stereocenters. The molecule has 3 heterocycles. The summed E-state index contributed by atoms with van der Waals surface area (Å²) in [6.07, 6.45) is 2.88. The number of urea groups is 1. The lowest BCUT2D eigenvalue weighted by Gasteiger charge is -2.30. The number of nitrogens with one attached hydrogen (secondary N) is 1. The van der Waals surface area contributed by atoms with Gasteiger partial charge >= 0.3 is 6.03 Å². The molecule has 4 aromatic rings. The van der Waals surface area contributed by atoms with Crippen LogP contribution in [0.3, 0.4) is 0 Å². The molecule has 10 heteroatoms. The van der Waals surface area contributed by atoms with Gasteiger partial charge in [0.2, 0.25) is 5.91 Å². The number of rotatable bonds is 7. The minimum atomic E-state index is -0.419. The Kier molecular flexibility index (Phi) is 7.70. The molecule has 0 saturated carbocycles. The summed E-state index contributed by atoms with van der Waals surface area (Å²) in [5.74, 6) is 1.48. The highest BCUT2D eigenvalue weighted by molar-refractivity contribution is 6.31. The van der Waals surface area contributed by atoms with Gasteiger partial charge in [-0.25, -0.2) is 14.2 Å². The number of hydrogen-bond acceptors (Lipinski definition) is 5. The number of carbonyl (C=O) groups is 2. The van der Waals surface area contributed by atoms with Gasteiger partial charge in [0.25, 0.3) is 0 Å². The van der Waals surface area contributed by atoms with E-state index in [0.29, 0.717) is 28.7 Å². The fourth-order valence-electron chi connectivity index (χ4n) is 5.74. The third-order valence-electron chi connectivity index (χ3n) is 8.08. The summed E-state index contributed by atoms with van der Waals surface area (Å²) in [5.41, 5.74) is 6.40. The van der Waals surface area contributed by atoms with Gasteiger partial charge in [0.1, 0.15) is 29.8 Å². The Labute approximate surface area is 248 Å². The van der Waals surface area contributed by atoms with E-state index < -0.39 is 6.03 Å². The number of fused-ring (bicyclic) bond motifs is 1. The van der Waals surface area contributed by atoms with Gasteiger partial charge in [-0.2, -0.15) is 0 Å². The number of aromatic nitrogens is 2. The van der Waals surface area contributed by atoms with Crippen molar-refractivity contribution in [1.29, 1.82) is 0 Å². The number of benzene rings is 3. The van der Waals surface area contributed by atoms with Crippen molar-refractivity contribution in [3.8, 4) is 17.1 Å². The van der Waals surface area contributed by atoms with Crippen LogP contribution in [0.5, 0.6) is 5.75 Å². The number of ether oxygens (including phenoxy) is 1. The summed E-state index contributed by atoms with van der Waals surface area (Å²) >= 11 is 6.11. The first-order chi connectivity index (χ1) is 20.3. The highest BCUT2D eigenvalue weighted by Gasteiger charge is 2.28. The predicted octanol–water partition coefficient (Wildman–Crippen LogP) is 5.77. The number of imide groups is 1. The second-order valence-corrected chi connectivity index (χ2v) is 11.1. The summed E-state index contributed by atoms with van der Waals surface area (Å²) in [5, 5.41) is 2.73. The second kappa shape index (κ2) is 11.6. The molecule has 0 radical (unpaired) electrons. The topological polar surface area (TPSA) is 79.7 Å². The van der Waals surface area contributed by atoms with Crippen LogP contribution in [-0.2, 0) is 38.0 Å². The van der Waals surface area contributed by atoms with Crippen LogP contribution in [0.25, 0.3) is 11.4 Å². The maximum atomic E-state index is 14.0. The van der Waals surface area contributed by atoms with Crippen molar-refractivity contribution < 1.29 is 18.7 Å². The first-order valence-electron chi connectivity index (χ1n) is 13.9. The Hall–Kier alpha value is -4.21. The van der Waals surface area contributed by atoms with E-state index >= 15 is 0 Å². The molecule has 2 aliphatic rings. The van der Waals surface area contributed by atoms with E-state index in [1.54, 1.807) is 23.2 Å². The average Bonchev–Trinajstić information content (AvgIpc) is 3.34. The van der Waals surface area contributed by atoms with Crippen molar-refractivity contribution in [2.24, 2.45) is 7.05 Å². The van der Waals surface area contributed by atoms with Gasteiger partial charge in [0.05, 0.1) is 11.2 Å². The maximum absolute atomic E-state index is 14.0. The molecule has 1 fully saturated rings. The second-order valence-electron chi connectivity index (χ2n) is 10.7. The van der Waals surface area contributed by atoms with Crippen molar-refractivity contribution in [2.75, 3.05) is 18.0 Å². The Bertz CT molecular complexity index is 1650. The number of anilines is 1. The highest BCUT2D eigenvalue weighted by atomic mass is 35.5. The van der Waals surface area contributed by atoms with Crippen molar-refractivity contribution in [3.63, 3.8) is 0 Å². The fourth-order valence-corrected chi connectivity index (χ4v) is 5.95. The van der Waals surface area contributed by atoms with Crippen molar-refractivity contribution in [2.45, 2.75) is 39.5 Å². The molecular weight excluding hydrogens is 557 g/mol. The van der Waals surface area contributed by atoms with E-state index in [2.05, 4.69) is 34.3 Å². The molecule has 0 spiro atoms. The molecular formula is C32H31ClFN5O3. The lowest BCUT2D eigenvalue weighted by Crippen LogP contribution is -2.50. The molecule has 6 rings (SSSR count). The van der Waals surface area contributed by atoms with Gasteiger partial charge in [-0.05, 0) is 59.9 Å². The van der Waals surface area contributed by atoms with Crippen molar-refractivity contribution in [1.82, 2.24) is 19.8 Å². The molecule has 0 unspecified atom stereocenters. The minimum absolute atomic E-state index is 0.0727. The van der Waals surface area contributed by atoms with E-state index in [4.69, 9.17) is 16.3 Å². The molecule has 8 nitrogen and oxygen atoms in total. The van der Waals surface area contributed by atoms with Crippen LogP contribution in [0.1, 0.15) is 34.2 Å². The number of imidazole rings is 1. The Morgan fingerprint density at radius 3 is 2.62 bits per heavy atom. The SMILES string of the molecule is Cc1c(-c2ncc(N3CCC(=O)NC3=O)n2C)ccc2c1CCN(Cc1ccc(OCc3c(F)cccc3Cl)cc1)C2. The largest absolute Gasteiger partial charge is 0.489 e. The zero-order valence-electron chi connectivity index (χ0n) is 23.5. The Balaban J connectivity index is 1.11. The van der Waals surface area contributed by atoms with Crippen LogP contribution >= 0.6 is 11.6 Å². The van der Waals surface area contributed by atoms with E-state index in [1.807, 2.05) is 35.9 Å². The molecule has 3 amide bonds. The van der Waals surface area contributed by atoms with Gasteiger partial charge < -0.3 is 9.30 Å². The summed E-state index contributed by atoms with van der Waals surface area (Å²) < 4.78 is 21.7. The highest BCUT2D eigenvalue weighted by Crippen LogP contribution is 2.33. The Morgan fingerprint density at radius 1 is 1.05 bits per heavy atom. The Morgan fingerprint density at radius 2 is 1.86 bits per heavy atom. The predicted molar refractivity (Wildman–Crippen MR) is 159 cm³/mol. The first kappa shape index (κ1) is 27.9. The number of carbonyl (C=O) groups excluding carboxylic acids is 2. The maximum Gasteiger partial charge on any atom is 0.329 e. The number of amides is 3. The van der Waals surface area contributed by atoms with Crippen LogP contribution in [-0.4, -0.2) is 39.5 Å². The molecule has 3 aromatic carbocycles. The number of nitrogens with zero attached hydrogens (tertiary/aromatic N) is 4. The molecule has 2 aliphatic heterocycles. The van der Waals surface area contributed by atoms with Crippen LogP contribution in [0.2, 0.25) is 5.02 Å². The van der Waals surface area contributed by atoms with E-state index in [1.165, 1.54) is 28.3 Å². The molecule has 42 heavy (non-hydrogen) atoms. The molecule has 1 saturated heterocycles. The fraction of sp³-hybridized carbons (Fsp3) is 0.281. The first-order valence-corrected chi connectivity index (χ1v) is 14.3. The van der Waals surface area contributed by atoms with Crippen LogP contribution < -0.4 is 15.0 Å². The number of halogens is 2. The van der Waals surface area contributed by atoms with Gasteiger partial charge in [0.15, 0.2) is 0 Å². The molecule has 1 N–H and O–H groups in total. The van der Waals surface area contributed by atoms with Gasteiger partial charge in [0, 0.05) is 50.8 Å². The number of hydrogen-bond donors (Lipinski definition) is 1. The van der Waals surface area contributed by atoms with Crippen molar-refractivity contribution in [3.05, 3.63) is 99.5 Å². The monoisotopic (exact) mass is 587 g/mol. The van der Waals surface area contributed by atoms with E-state index in [0.717, 1.165) is 37.4 Å². The van der Waals surface area contributed by atoms with E-state index in [-0.39, 0.29) is 24.8 Å². The van der Waals surface area contributed by atoms with Crippen LogP contribution in [0.15, 0.2) is 60.8 Å². The summed E-state index contributed by atoms with van der Waals surface area (Å²) in [7, 11) is 1.90. The normalized spacial score (nSPS) is 15.5. The summed E-state index contributed by atoms with van der Waals surface area (Å²) in [6, 6.07) is 16.4. The van der Waals surface area contributed by atoms with Crippen molar-refractivity contribution >= 4 is 29.4 Å². The molecule has 216 valence electrons. The van der Waals surface area contributed by atoms with Gasteiger partial charge in [-0.3, -0.25) is 19.9 Å². The lowest BCUT2D eigenvalue weighted by molar-refractivity contribution is -0.120. The van der Waals surface area contributed by atoms with Gasteiger partial charge in [-0.1, -0.05) is 41.9 Å². The third-order valence-corrected chi connectivity index (χ3v) is 8.43. The quantitative estimate of drug-likeness (QED) is 0.297. The zero-order valence-corrected chi connectivity index (χ0v) is 24.2. The standard InChI is InChI=1S/C32H31ClFN5O3/c1-20-24-12-14-38(17-21-6-9-23(10-7-21)42-19-26-27(33)4-3-5-28(26)34)18-22(24)8-11-25(20)31-35-16-30(37(31)2)39-15-13-29(40)36-32(39)41/h3-11,16H,12-15,17-19H2,1-2H3,(H,36,40,41). The minimum Gasteiger partial charge on any atom is -0.489 e. The van der Waals surface area contributed by atoms with Gasteiger partial charge in [-0.15, -0.1) is 0 Å². The lowest BCUT2D eigenvalue weighted by atomic mass is 9.91. The summed E-state index contributed by atoms with van der Waals surface area (Å²) in [6.45, 7) is 5.12. The smallest absolute Gasteiger partial charge is 0.329 e.